The molecule has 1 atom stereocenters. The average Bonchev–Trinajstić information content (AvgIpc) is 3.38. The topological polar surface area (TPSA) is 114 Å². The maximum absolute atomic E-state index is 15.7. The number of methoxy groups -OCH3 is 2. The monoisotopic (exact) mass is 887 g/mol. The molecule has 11 nitrogen and oxygen atoms in total. The lowest BCUT2D eigenvalue weighted by Crippen LogP contribution is -2.50. The zero-order valence-electron chi connectivity index (χ0n) is 39.3. The number of carbonyl (C=O) groups excluding carboxylic acids is 2. The Morgan fingerprint density at radius 2 is 1.42 bits per heavy atom. The highest BCUT2D eigenvalue weighted by Gasteiger charge is 2.44. The minimum Gasteiger partial charge on any atom is -0.446 e. The standard InChI is InChI=1S/C52H72FN3O8/c1-37-29-41-35-56(19-23-62-27-25-59-5,20-24-63-28-26-60-6)36-42-32-40(33-46-50(42)49(41)45(30-37)52(46,3)4)44-34-47(53)38(2)31-39(44)13-12-17-54-48(57)16-21-61-22-18-55-51(58)64-43-14-10-8-7-9-11-15-43/h7-8,29-34,43H,9-28,35-36H2,1-6H3,(H-,54,55,57,58)/p+1/b8-7+. The number of carbonyl (C=O) groups is 2. The van der Waals surface area contributed by atoms with Crippen LogP contribution < -0.4 is 10.6 Å². The van der Waals surface area contributed by atoms with Crippen molar-refractivity contribution in [3.63, 3.8) is 0 Å². The highest BCUT2D eigenvalue weighted by molar-refractivity contribution is 5.89. The minimum atomic E-state index is -0.424. The van der Waals surface area contributed by atoms with Crippen LogP contribution in [0, 0.1) is 19.7 Å². The molecule has 0 spiro atoms. The van der Waals surface area contributed by atoms with Crippen LogP contribution in [0.2, 0.25) is 0 Å². The van der Waals surface area contributed by atoms with Crippen molar-refractivity contribution in [3.05, 3.63) is 93.3 Å². The van der Waals surface area contributed by atoms with Gasteiger partial charge in [-0.25, -0.2) is 9.18 Å². The largest absolute Gasteiger partial charge is 0.446 e. The van der Waals surface area contributed by atoms with E-state index in [1.54, 1.807) is 20.3 Å². The molecule has 0 fully saturated rings. The van der Waals surface area contributed by atoms with Gasteiger partial charge in [0.15, 0.2) is 0 Å². The molecule has 2 N–H and O–H groups in total. The third-order valence-corrected chi connectivity index (χ3v) is 13.1. The number of halogens is 1. The van der Waals surface area contributed by atoms with Gasteiger partial charge in [-0.3, -0.25) is 4.79 Å². The second kappa shape index (κ2) is 23.8. The summed E-state index contributed by atoms with van der Waals surface area (Å²) in [5.41, 5.74) is 12.4. The van der Waals surface area contributed by atoms with Gasteiger partial charge in [0.2, 0.25) is 5.91 Å². The van der Waals surface area contributed by atoms with Gasteiger partial charge in [0.05, 0.1) is 52.9 Å². The van der Waals surface area contributed by atoms with E-state index in [-0.39, 0.29) is 36.3 Å². The predicted octanol–water partition coefficient (Wildman–Crippen LogP) is 8.64. The van der Waals surface area contributed by atoms with Gasteiger partial charge in [-0.1, -0.05) is 43.7 Å². The van der Waals surface area contributed by atoms with E-state index in [0.29, 0.717) is 77.7 Å². The molecule has 6 rings (SSSR count). The van der Waals surface area contributed by atoms with Crippen molar-refractivity contribution in [2.75, 3.05) is 93.3 Å². The van der Waals surface area contributed by atoms with Gasteiger partial charge in [-0.05, 0) is 128 Å². The molecule has 64 heavy (non-hydrogen) atoms. The first-order valence-corrected chi connectivity index (χ1v) is 23.5. The molecule has 2 amide bonds. The fraction of sp³-hybridized carbons (Fsp3) is 0.577. The lowest BCUT2D eigenvalue weighted by Gasteiger charge is -2.39. The van der Waals surface area contributed by atoms with Crippen molar-refractivity contribution in [1.82, 2.24) is 10.6 Å². The van der Waals surface area contributed by atoms with Crippen molar-refractivity contribution < 1.29 is 46.9 Å². The molecule has 0 aromatic heterocycles. The van der Waals surface area contributed by atoms with E-state index in [2.05, 4.69) is 67.8 Å². The number of nitrogens with one attached hydrogen (secondary N) is 2. The van der Waals surface area contributed by atoms with Gasteiger partial charge < -0.3 is 43.5 Å². The molecule has 0 bridgehead atoms. The number of allylic oxidation sites excluding steroid dienone is 2. The smallest absolute Gasteiger partial charge is 0.407 e. The van der Waals surface area contributed by atoms with E-state index in [4.69, 9.17) is 28.4 Å². The number of alkyl carbamates (subject to hydrolysis) is 1. The van der Waals surface area contributed by atoms with Gasteiger partial charge in [-0.15, -0.1) is 0 Å². The Kier molecular flexibility index (Phi) is 18.4. The minimum absolute atomic E-state index is 0.0610. The molecule has 350 valence electrons. The Morgan fingerprint density at radius 3 is 2.14 bits per heavy atom. The van der Waals surface area contributed by atoms with Crippen LogP contribution in [0.3, 0.4) is 0 Å². The van der Waals surface area contributed by atoms with Crippen LogP contribution in [0.4, 0.5) is 9.18 Å². The fourth-order valence-electron chi connectivity index (χ4n) is 9.64. The molecule has 3 aliphatic rings. The predicted molar refractivity (Wildman–Crippen MR) is 249 cm³/mol. The number of hydrogen-bond acceptors (Lipinski definition) is 8. The average molecular weight is 887 g/mol. The maximum Gasteiger partial charge on any atom is 0.407 e. The van der Waals surface area contributed by atoms with Crippen LogP contribution in [0.1, 0.15) is 97.7 Å². The van der Waals surface area contributed by atoms with Crippen LogP contribution in [0.5, 0.6) is 0 Å². The molecule has 3 aromatic rings. The second-order valence-electron chi connectivity index (χ2n) is 18.4. The molecule has 3 aromatic carbocycles. The second-order valence-corrected chi connectivity index (χ2v) is 18.4. The molecule has 12 heteroatoms. The Hall–Kier alpha value is -4.17. The first-order valence-electron chi connectivity index (χ1n) is 23.5. The number of quaternary nitrogens is 1. The first kappa shape index (κ1) is 49.3. The van der Waals surface area contributed by atoms with E-state index in [9.17, 15) is 9.59 Å². The van der Waals surface area contributed by atoms with Gasteiger partial charge in [0.1, 0.15) is 38.1 Å². The van der Waals surface area contributed by atoms with Crippen LogP contribution >= 0.6 is 0 Å². The summed E-state index contributed by atoms with van der Waals surface area (Å²) in [6.45, 7) is 16.6. The number of ether oxygens (including phenoxy) is 6. The lowest BCUT2D eigenvalue weighted by atomic mass is 9.79. The summed E-state index contributed by atoms with van der Waals surface area (Å²) in [6.07, 6.45) is 10.1. The van der Waals surface area contributed by atoms with Crippen LogP contribution in [0.15, 0.2) is 48.6 Å². The van der Waals surface area contributed by atoms with Gasteiger partial charge >= 0.3 is 6.09 Å². The Morgan fingerprint density at radius 1 is 0.750 bits per heavy atom. The van der Waals surface area contributed by atoms with E-state index >= 15 is 4.39 Å². The number of nitrogens with zero attached hydrogens (tertiary/aromatic N) is 1. The molecule has 1 aliphatic heterocycles. The molecular weight excluding hydrogens is 814 g/mol. The Bertz CT molecular complexity index is 2050. The first-order chi connectivity index (χ1) is 30.9. The summed E-state index contributed by atoms with van der Waals surface area (Å²) in [4.78, 5) is 25.0. The molecule has 2 aliphatic carbocycles. The van der Waals surface area contributed by atoms with Gasteiger partial charge in [-0.2, -0.15) is 0 Å². The highest BCUT2D eigenvalue weighted by Crippen LogP contribution is 2.55. The summed E-state index contributed by atoms with van der Waals surface area (Å²) in [6, 6.07) is 13.0. The Labute approximate surface area is 380 Å². The normalized spacial score (nSPS) is 17.5. The van der Waals surface area contributed by atoms with Gasteiger partial charge in [0, 0.05) is 50.3 Å². The molecule has 0 saturated carbocycles. The summed E-state index contributed by atoms with van der Waals surface area (Å²) < 4.78 is 50.4. The van der Waals surface area contributed by atoms with Crippen molar-refractivity contribution in [2.24, 2.45) is 0 Å². The molecule has 0 saturated heterocycles. The van der Waals surface area contributed by atoms with Crippen molar-refractivity contribution in [2.45, 2.75) is 104 Å². The number of hydrogen-bond donors (Lipinski definition) is 2. The summed E-state index contributed by atoms with van der Waals surface area (Å²) in [5, 5.41) is 5.79. The summed E-state index contributed by atoms with van der Waals surface area (Å²) >= 11 is 0. The molecule has 0 radical (unpaired) electrons. The van der Waals surface area contributed by atoms with Crippen LogP contribution in [0.25, 0.3) is 22.3 Å². The number of aryl methyl sites for hydroxylation is 3. The van der Waals surface area contributed by atoms with E-state index in [0.717, 1.165) is 79.5 Å². The van der Waals surface area contributed by atoms with Crippen LogP contribution in [-0.4, -0.2) is 116 Å². The maximum atomic E-state index is 15.7. The van der Waals surface area contributed by atoms with Crippen molar-refractivity contribution in [3.8, 4) is 22.3 Å². The van der Waals surface area contributed by atoms with E-state index in [1.807, 2.05) is 13.0 Å². The van der Waals surface area contributed by atoms with Gasteiger partial charge in [0.25, 0.3) is 0 Å². The van der Waals surface area contributed by atoms with Crippen LogP contribution in [-0.2, 0) is 58.1 Å². The lowest BCUT2D eigenvalue weighted by molar-refractivity contribution is -0.953. The SMILES string of the molecule is COCCOCC[N+]1(CCOCCOC)Cc2cc(C)cc3c2-c2c(cc(-c4cc(F)c(C)cc4CCCNC(=O)CCOCCNC(=O)OC4CC/C=C/CCC4)cc2C3(C)C)C1. The number of rotatable bonds is 24. The third-order valence-electron chi connectivity index (χ3n) is 13.1. The molecule has 1 unspecified atom stereocenters. The number of benzene rings is 3. The number of amides is 2. The van der Waals surface area contributed by atoms with E-state index in [1.165, 1.54) is 38.9 Å². The zero-order chi connectivity index (χ0) is 45.5. The van der Waals surface area contributed by atoms with Crippen molar-refractivity contribution >= 4 is 12.0 Å². The summed E-state index contributed by atoms with van der Waals surface area (Å²) in [7, 11) is 3.38. The third kappa shape index (κ3) is 13.0. The highest BCUT2D eigenvalue weighted by atomic mass is 19.1. The van der Waals surface area contributed by atoms with Crippen molar-refractivity contribution in [1.29, 1.82) is 0 Å². The fourth-order valence-corrected chi connectivity index (χ4v) is 9.64. The quantitative estimate of drug-likeness (QED) is 0.0523. The zero-order valence-corrected chi connectivity index (χ0v) is 39.3. The molecular formula is C52H73FN3O8+. The Balaban J connectivity index is 1.13. The molecule has 1 heterocycles. The summed E-state index contributed by atoms with van der Waals surface area (Å²) in [5.74, 6) is -0.327. The van der Waals surface area contributed by atoms with E-state index < -0.39 is 6.09 Å².